The maximum absolute atomic E-state index is 13.9. The van der Waals surface area contributed by atoms with Crippen LogP contribution in [0.25, 0.3) is 5.65 Å². The molecule has 10 nitrogen and oxygen atoms in total. The largest absolute Gasteiger partial charge is 0.477 e. The number of ether oxygens (including phenoxy) is 1. The molecule has 1 amide bonds. The van der Waals surface area contributed by atoms with Crippen LogP contribution in [-0.2, 0) is 17.7 Å². The van der Waals surface area contributed by atoms with Crippen molar-refractivity contribution in [2.24, 2.45) is 5.73 Å². The van der Waals surface area contributed by atoms with Crippen LogP contribution in [0.2, 0.25) is 0 Å². The van der Waals surface area contributed by atoms with Gasteiger partial charge in [-0.05, 0) is 60.2 Å². The molecule has 0 bridgehead atoms. The number of esters is 1. The number of fused-ring (bicyclic) bond motifs is 2. The van der Waals surface area contributed by atoms with Crippen molar-refractivity contribution in [2.75, 3.05) is 6.61 Å². The fourth-order valence-corrected chi connectivity index (χ4v) is 4.57. The van der Waals surface area contributed by atoms with Crippen LogP contribution in [0.3, 0.4) is 0 Å². The third-order valence-electron chi connectivity index (χ3n) is 6.65. The number of nitrogens with one attached hydrogen (secondary N) is 1. The van der Waals surface area contributed by atoms with Gasteiger partial charge in [0.2, 0.25) is 0 Å². The van der Waals surface area contributed by atoms with Crippen LogP contribution in [-0.4, -0.2) is 44.2 Å². The Morgan fingerprint density at radius 1 is 1.17 bits per heavy atom. The molecule has 2 aromatic carbocycles. The third kappa shape index (κ3) is 6.15. The van der Waals surface area contributed by atoms with Gasteiger partial charge in [0.05, 0.1) is 17.8 Å². The first-order valence-corrected chi connectivity index (χ1v) is 12.7. The number of benzene rings is 2. The van der Waals surface area contributed by atoms with Gasteiger partial charge >= 0.3 is 11.9 Å². The lowest BCUT2D eigenvalue weighted by atomic mass is 9.98. The molecule has 0 fully saturated rings. The van der Waals surface area contributed by atoms with Crippen LogP contribution in [0.5, 0.6) is 0 Å². The number of hydrogen-bond donors (Lipinski definition) is 3. The molecule has 0 spiro atoms. The SMILES string of the molecule is C=CCOC(=O)c1ccc2c(c1C)CC[C@@H]2NC(=O)c1cc(C(=O)O)nc2c(F)cnn12.NCc1ccc(F)c(F)c1. The van der Waals surface area contributed by atoms with Crippen LogP contribution in [0.4, 0.5) is 13.2 Å². The van der Waals surface area contributed by atoms with Gasteiger partial charge in [-0.2, -0.15) is 5.10 Å². The Balaban J connectivity index is 0.000000343. The molecule has 1 aliphatic carbocycles. The van der Waals surface area contributed by atoms with E-state index in [0.717, 1.165) is 45.6 Å². The minimum atomic E-state index is -1.39. The Labute approximate surface area is 237 Å². The normalized spacial score (nSPS) is 13.6. The molecule has 1 atom stereocenters. The van der Waals surface area contributed by atoms with Crippen molar-refractivity contribution in [2.45, 2.75) is 32.4 Å². The molecule has 5 rings (SSSR count). The molecular weight excluding hydrogens is 555 g/mol. The number of rotatable bonds is 7. The molecule has 1 aliphatic rings. The van der Waals surface area contributed by atoms with Gasteiger partial charge in [0.25, 0.3) is 5.91 Å². The van der Waals surface area contributed by atoms with Crippen LogP contribution >= 0.6 is 0 Å². The third-order valence-corrected chi connectivity index (χ3v) is 6.65. The van der Waals surface area contributed by atoms with E-state index >= 15 is 0 Å². The number of carbonyl (C=O) groups is 3. The topological polar surface area (TPSA) is 149 Å². The standard InChI is InChI=1S/C22H19FN4O5.C7H7F2N/c1-3-8-32-22(31)13-4-5-14-12(11(13)2)6-7-16(14)26-20(28)18-9-17(21(29)30)25-19-15(23)10-24-27(18)19;8-6-2-1-5(4-10)3-7(6)9/h3-5,9-10,16H,1,6-8H2,2H3,(H,26,28)(H,29,30);1-3H,4,10H2/t16-;/m0./s1. The summed E-state index contributed by atoms with van der Waals surface area (Å²) in [6, 6.07) is 7.72. The number of aromatic nitrogens is 3. The Morgan fingerprint density at radius 3 is 2.60 bits per heavy atom. The Hall–Kier alpha value is -5.04. The summed E-state index contributed by atoms with van der Waals surface area (Å²) in [4.78, 5) is 40.3. The molecule has 0 unspecified atom stereocenters. The number of aromatic carboxylic acids is 1. The summed E-state index contributed by atoms with van der Waals surface area (Å²) in [5.74, 6) is -4.97. The highest BCUT2D eigenvalue weighted by Crippen LogP contribution is 2.35. The van der Waals surface area contributed by atoms with Crippen molar-refractivity contribution < 1.29 is 37.4 Å². The summed E-state index contributed by atoms with van der Waals surface area (Å²) in [5.41, 5.74) is 7.84. The van der Waals surface area contributed by atoms with Crippen molar-refractivity contribution in [1.29, 1.82) is 0 Å². The van der Waals surface area contributed by atoms with E-state index in [0.29, 0.717) is 24.0 Å². The fraction of sp³-hybridized carbons (Fsp3) is 0.207. The quantitative estimate of drug-likeness (QED) is 0.219. The molecule has 4 aromatic rings. The average Bonchev–Trinajstić information content (AvgIpc) is 3.56. The Morgan fingerprint density at radius 2 is 1.93 bits per heavy atom. The van der Waals surface area contributed by atoms with Gasteiger partial charge in [0, 0.05) is 12.6 Å². The maximum Gasteiger partial charge on any atom is 0.354 e. The van der Waals surface area contributed by atoms with E-state index in [2.05, 4.69) is 22.0 Å². The predicted molar refractivity (Wildman–Crippen MR) is 144 cm³/mol. The lowest BCUT2D eigenvalue weighted by molar-refractivity contribution is 0.0548. The number of hydrogen-bond acceptors (Lipinski definition) is 7. The molecule has 42 heavy (non-hydrogen) atoms. The molecule has 0 radical (unpaired) electrons. The van der Waals surface area contributed by atoms with Crippen molar-refractivity contribution in [3.05, 3.63) is 112 Å². The highest BCUT2D eigenvalue weighted by atomic mass is 19.2. The van der Waals surface area contributed by atoms with Crippen LogP contribution in [0.1, 0.15) is 66.1 Å². The Bertz CT molecular complexity index is 1700. The van der Waals surface area contributed by atoms with E-state index in [4.69, 9.17) is 10.5 Å². The first-order valence-electron chi connectivity index (χ1n) is 12.7. The van der Waals surface area contributed by atoms with Gasteiger partial charge < -0.3 is 20.9 Å². The van der Waals surface area contributed by atoms with E-state index in [1.54, 1.807) is 12.1 Å². The van der Waals surface area contributed by atoms with E-state index in [9.17, 15) is 32.7 Å². The van der Waals surface area contributed by atoms with Crippen LogP contribution in [0, 0.1) is 24.4 Å². The number of carboxylic acids is 1. The zero-order chi connectivity index (χ0) is 30.6. The number of amides is 1. The van der Waals surface area contributed by atoms with Crippen molar-refractivity contribution in [3.8, 4) is 0 Å². The van der Waals surface area contributed by atoms with Gasteiger partial charge in [0.15, 0.2) is 28.8 Å². The second-order valence-corrected chi connectivity index (χ2v) is 9.27. The van der Waals surface area contributed by atoms with Gasteiger partial charge in [0.1, 0.15) is 12.3 Å². The molecule has 0 saturated carbocycles. The minimum Gasteiger partial charge on any atom is -0.477 e. The lowest BCUT2D eigenvalue weighted by Crippen LogP contribution is -2.29. The molecule has 4 N–H and O–H groups in total. The predicted octanol–water partition coefficient (Wildman–Crippen LogP) is 4.06. The molecule has 13 heteroatoms. The second-order valence-electron chi connectivity index (χ2n) is 9.27. The average molecular weight is 582 g/mol. The monoisotopic (exact) mass is 581 g/mol. The first kappa shape index (κ1) is 29.9. The number of nitrogens with two attached hydrogens (primary N) is 1. The fourth-order valence-electron chi connectivity index (χ4n) is 4.57. The summed E-state index contributed by atoms with van der Waals surface area (Å²) < 4.78 is 44.6. The van der Waals surface area contributed by atoms with Gasteiger partial charge in [-0.15, -0.1) is 0 Å². The van der Waals surface area contributed by atoms with Gasteiger partial charge in [-0.3, -0.25) is 4.79 Å². The highest BCUT2D eigenvalue weighted by Gasteiger charge is 2.29. The smallest absolute Gasteiger partial charge is 0.354 e. The van der Waals surface area contributed by atoms with Crippen molar-refractivity contribution in [3.63, 3.8) is 0 Å². The van der Waals surface area contributed by atoms with E-state index < -0.39 is 41.0 Å². The molecular formula is C29H26F3N5O5. The summed E-state index contributed by atoms with van der Waals surface area (Å²) in [5, 5.41) is 15.9. The van der Waals surface area contributed by atoms with E-state index in [1.165, 1.54) is 12.1 Å². The minimum absolute atomic E-state index is 0.112. The molecule has 2 heterocycles. The number of halogens is 3. The Kier molecular flexibility index (Phi) is 9.01. The summed E-state index contributed by atoms with van der Waals surface area (Å²) in [6.07, 6.45) is 3.58. The van der Waals surface area contributed by atoms with E-state index in [1.807, 2.05) is 6.92 Å². The first-order chi connectivity index (χ1) is 20.0. The van der Waals surface area contributed by atoms with Crippen LogP contribution < -0.4 is 11.1 Å². The lowest BCUT2D eigenvalue weighted by Gasteiger charge is -2.16. The summed E-state index contributed by atoms with van der Waals surface area (Å²) >= 11 is 0. The zero-order valence-electron chi connectivity index (χ0n) is 22.4. The van der Waals surface area contributed by atoms with E-state index in [-0.39, 0.29) is 30.5 Å². The second kappa shape index (κ2) is 12.6. The van der Waals surface area contributed by atoms with Gasteiger partial charge in [-0.1, -0.05) is 24.8 Å². The van der Waals surface area contributed by atoms with Gasteiger partial charge in [-0.25, -0.2) is 32.3 Å². The number of nitrogens with zero attached hydrogens (tertiary/aromatic N) is 3. The van der Waals surface area contributed by atoms with Crippen LogP contribution in [0.15, 0.2) is 55.3 Å². The molecule has 218 valence electrons. The maximum atomic E-state index is 13.9. The number of carbonyl (C=O) groups excluding carboxylic acids is 2. The molecule has 2 aromatic heterocycles. The van der Waals surface area contributed by atoms with Crippen molar-refractivity contribution in [1.82, 2.24) is 19.9 Å². The number of carboxylic acid groups (broad SMARTS) is 1. The zero-order valence-corrected chi connectivity index (χ0v) is 22.4. The summed E-state index contributed by atoms with van der Waals surface area (Å²) in [6.45, 7) is 5.69. The molecule has 0 saturated heterocycles. The van der Waals surface area contributed by atoms with Crippen molar-refractivity contribution >= 4 is 23.5 Å². The highest BCUT2D eigenvalue weighted by molar-refractivity contribution is 5.96. The molecule has 0 aliphatic heterocycles. The summed E-state index contributed by atoms with van der Waals surface area (Å²) in [7, 11) is 0.